The molecule has 21 heavy (non-hydrogen) atoms. The molecule has 0 heterocycles. The Labute approximate surface area is 128 Å². The summed E-state index contributed by atoms with van der Waals surface area (Å²) in [5, 5.41) is 14.1. The lowest BCUT2D eigenvalue weighted by Crippen LogP contribution is -2.03. The van der Waals surface area contributed by atoms with Gasteiger partial charge in [-0.1, -0.05) is 23.7 Å². The fourth-order valence-electron chi connectivity index (χ4n) is 2.17. The van der Waals surface area contributed by atoms with Crippen molar-refractivity contribution >= 4 is 23.0 Å². The van der Waals surface area contributed by atoms with E-state index in [1.165, 1.54) is 28.3 Å². The maximum absolute atomic E-state index is 10.7. The van der Waals surface area contributed by atoms with Crippen LogP contribution in [0, 0.1) is 30.9 Å². The average Bonchev–Trinajstić information content (AvgIpc) is 2.41. The first-order valence-corrected chi connectivity index (χ1v) is 7.01. The molecule has 0 aliphatic heterocycles. The van der Waals surface area contributed by atoms with Gasteiger partial charge in [-0.25, -0.2) is 0 Å². The second kappa shape index (κ2) is 6.14. The van der Waals surface area contributed by atoms with Gasteiger partial charge in [0.05, 0.1) is 4.92 Å². The second-order valence-electron chi connectivity index (χ2n) is 5.14. The second-order valence-corrected chi connectivity index (χ2v) is 5.55. The van der Waals surface area contributed by atoms with Crippen LogP contribution in [0.2, 0.25) is 5.02 Å². The molecule has 0 bridgehead atoms. The highest BCUT2D eigenvalue weighted by atomic mass is 35.5. The Kier molecular flexibility index (Phi) is 4.48. The molecule has 0 saturated heterocycles. The number of hydrogen-bond acceptors (Lipinski definition) is 3. The summed E-state index contributed by atoms with van der Waals surface area (Å²) in [6.07, 6.45) is 0. The van der Waals surface area contributed by atoms with Gasteiger partial charge in [0.15, 0.2) is 0 Å². The summed E-state index contributed by atoms with van der Waals surface area (Å²) < 4.78 is 0. The minimum atomic E-state index is -0.487. The number of aryl methyl sites for hydroxylation is 3. The maximum atomic E-state index is 10.7. The third-order valence-electron chi connectivity index (χ3n) is 3.58. The molecule has 0 radical (unpaired) electrons. The van der Waals surface area contributed by atoms with Crippen molar-refractivity contribution in [2.45, 2.75) is 27.3 Å². The van der Waals surface area contributed by atoms with Crippen LogP contribution in [0.15, 0.2) is 30.3 Å². The highest BCUT2D eigenvalue weighted by Gasteiger charge is 2.12. The number of rotatable bonds is 4. The van der Waals surface area contributed by atoms with E-state index in [9.17, 15) is 10.1 Å². The minimum absolute atomic E-state index is 0.0791. The Morgan fingerprint density at radius 1 is 1.10 bits per heavy atom. The number of halogens is 1. The van der Waals surface area contributed by atoms with Crippen molar-refractivity contribution in [3.05, 3.63) is 67.7 Å². The molecule has 0 saturated carbocycles. The van der Waals surface area contributed by atoms with Gasteiger partial charge in [0.25, 0.3) is 5.69 Å². The lowest BCUT2D eigenvalue weighted by Gasteiger charge is -2.12. The molecule has 0 aliphatic rings. The van der Waals surface area contributed by atoms with Crippen molar-refractivity contribution < 1.29 is 4.92 Å². The van der Waals surface area contributed by atoms with E-state index in [2.05, 4.69) is 38.2 Å². The number of nitro benzene ring substituents is 1. The van der Waals surface area contributed by atoms with Gasteiger partial charge >= 0.3 is 0 Å². The Morgan fingerprint density at radius 3 is 2.38 bits per heavy atom. The highest BCUT2D eigenvalue weighted by Crippen LogP contribution is 2.27. The van der Waals surface area contributed by atoms with Gasteiger partial charge in [-0.05, 0) is 55.2 Å². The Morgan fingerprint density at radius 2 is 1.76 bits per heavy atom. The summed E-state index contributed by atoms with van der Waals surface area (Å²) in [4.78, 5) is 10.2. The van der Waals surface area contributed by atoms with Crippen molar-refractivity contribution in [3.8, 4) is 0 Å². The van der Waals surface area contributed by atoms with E-state index in [4.69, 9.17) is 11.6 Å². The molecular weight excluding hydrogens is 288 g/mol. The molecule has 0 spiro atoms. The van der Waals surface area contributed by atoms with E-state index in [0.717, 1.165) is 5.69 Å². The standard InChI is InChI=1S/C16H17ClN2O2/c1-10-6-12(3)13(7-11(10)2)9-18-14-4-5-16(19(20)21)15(17)8-14/h4-8,18H,9H2,1-3H3. The third-order valence-corrected chi connectivity index (χ3v) is 3.88. The molecule has 5 heteroatoms. The van der Waals surface area contributed by atoms with E-state index in [1.54, 1.807) is 12.1 Å². The normalized spacial score (nSPS) is 10.5. The van der Waals surface area contributed by atoms with Crippen molar-refractivity contribution in [2.24, 2.45) is 0 Å². The highest BCUT2D eigenvalue weighted by molar-refractivity contribution is 6.32. The summed E-state index contributed by atoms with van der Waals surface area (Å²) in [5.74, 6) is 0. The monoisotopic (exact) mass is 304 g/mol. The van der Waals surface area contributed by atoms with Crippen LogP contribution in [0.3, 0.4) is 0 Å². The molecule has 1 N–H and O–H groups in total. The molecular formula is C16H17ClN2O2. The Hall–Kier alpha value is -2.07. The van der Waals surface area contributed by atoms with Gasteiger partial charge in [-0.15, -0.1) is 0 Å². The van der Waals surface area contributed by atoms with Crippen molar-refractivity contribution in [1.29, 1.82) is 0 Å². The number of nitro groups is 1. The van der Waals surface area contributed by atoms with E-state index >= 15 is 0 Å². The lowest BCUT2D eigenvalue weighted by molar-refractivity contribution is -0.384. The zero-order valence-electron chi connectivity index (χ0n) is 12.2. The van der Waals surface area contributed by atoms with Crippen LogP contribution < -0.4 is 5.32 Å². The third kappa shape index (κ3) is 3.52. The molecule has 2 aromatic carbocycles. The summed E-state index contributed by atoms with van der Waals surface area (Å²) in [6, 6.07) is 8.98. The van der Waals surface area contributed by atoms with Gasteiger partial charge in [-0.3, -0.25) is 10.1 Å². The predicted molar refractivity (Wildman–Crippen MR) is 86.1 cm³/mol. The minimum Gasteiger partial charge on any atom is -0.381 e. The fourth-order valence-corrected chi connectivity index (χ4v) is 2.42. The molecule has 110 valence electrons. The molecule has 4 nitrogen and oxygen atoms in total. The molecule has 2 rings (SSSR count). The first-order valence-electron chi connectivity index (χ1n) is 6.63. The zero-order chi connectivity index (χ0) is 15.6. The summed E-state index contributed by atoms with van der Waals surface area (Å²) in [5.41, 5.74) is 5.63. The molecule has 0 unspecified atom stereocenters. The van der Waals surface area contributed by atoms with Gasteiger partial charge in [-0.2, -0.15) is 0 Å². The van der Waals surface area contributed by atoms with Gasteiger partial charge in [0, 0.05) is 18.3 Å². The Bertz CT molecular complexity index is 699. The summed E-state index contributed by atoms with van der Waals surface area (Å²) in [6.45, 7) is 6.91. The van der Waals surface area contributed by atoms with E-state index in [1.807, 2.05) is 0 Å². The number of nitrogens with one attached hydrogen (secondary N) is 1. The predicted octanol–water partition coefficient (Wildman–Crippen LogP) is 4.79. The molecule has 0 amide bonds. The Balaban J connectivity index is 2.15. The van der Waals surface area contributed by atoms with E-state index in [-0.39, 0.29) is 10.7 Å². The average molecular weight is 305 g/mol. The van der Waals surface area contributed by atoms with Crippen LogP contribution in [0.25, 0.3) is 0 Å². The fraction of sp³-hybridized carbons (Fsp3) is 0.250. The number of anilines is 1. The van der Waals surface area contributed by atoms with Crippen LogP contribution >= 0.6 is 11.6 Å². The summed E-state index contributed by atoms with van der Waals surface area (Å²) >= 11 is 5.90. The van der Waals surface area contributed by atoms with Crippen LogP contribution in [-0.4, -0.2) is 4.92 Å². The van der Waals surface area contributed by atoms with Crippen molar-refractivity contribution in [2.75, 3.05) is 5.32 Å². The largest absolute Gasteiger partial charge is 0.381 e. The lowest BCUT2D eigenvalue weighted by atomic mass is 10.0. The first kappa shape index (κ1) is 15.3. The topological polar surface area (TPSA) is 55.2 Å². The first-order chi connectivity index (χ1) is 9.88. The summed E-state index contributed by atoms with van der Waals surface area (Å²) in [7, 11) is 0. The van der Waals surface area contributed by atoms with Crippen molar-refractivity contribution in [3.63, 3.8) is 0 Å². The van der Waals surface area contributed by atoms with E-state index < -0.39 is 4.92 Å². The van der Waals surface area contributed by atoms with Gasteiger partial charge in [0.1, 0.15) is 5.02 Å². The molecule has 2 aromatic rings. The van der Waals surface area contributed by atoms with Crippen LogP contribution in [0.5, 0.6) is 0 Å². The molecule has 0 aliphatic carbocycles. The van der Waals surface area contributed by atoms with Gasteiger partial charge < -0.3 is 5.32 Å². The van der Waals surface area contributed by atoms with Gasteiger partial charge in [0.2, 0.25) is 0 Å². The molecule has 0 fully saturated rings. The van der Waals surface area contributed by atoms with E-state index in [0.29, 0.717) is 6.54 Å². The van der Waals surface area contributed by atoms with Crippen molar-refractivity contribution in [1.82, 2.24) is 0 Å². The smallest absolute Gasteiger partial charge is 0.288 e. The molecule has 0 aromatic heterocycles. The van der Waals surface area contributed by atoms with Crippen LogP contribution in [0.1, 0.15) is 22.3 Å². The number of hydrogen-bond donors (Lipinski definition) is 1. The zero-order valence-corrected chi connectivity index (χ0v) is 13.0. The SMILES string of the molecule is Cc1cc(C)c(CNc2ccc([N+](=O)[O-])c(Cl)c2)cc1C. The van der Waals surface area contributed by atoms with Crippen LogP contribution in [-0.2, 0) is 6.54 Å². The molecule has 0 atom stereocenters. The maximum Gasteiger partial charge on any atom is 0.288 e. The van der Waals surface area contributed by atoms with Crippen LogP contribution in [0.4, 0.5) is 11.4 Å². The number of benzene rings is 2. The quantitative estimate of drug-likeness (QED) is 0.653. The number of nitrogens with zero attached hydrogens (tertiary/aromatic N) is 1.